The molecule has 32 heavy (non-hydrogen) atoms. The summed E-state index contributed by atoms with van der Waals surface area (Å²) in [6, 6.07) is 10.8. The second kappa shape index (κ2) is 6.75. The highest BCUT2D eigenvalue weighted by atomic mass is 16.6. The van der Waals surface area contributed by atoms with Crippen LogP contribution in [0.1, 0.15) is 62.4 Å². The molecule has 3 aromatic rings. The van der Waals surface area contributed by atoms with Crippen molar-refractivity contribution in [3.05, 3.63) is 81.4 Å². The lowest BCUT2D eigenvalue weighted by molar-refractivity contribution is 0.0223. The second-order valence-corrected chi connectivity index (χ2v) is 7.90. The molecule has 2 heterocycles. The van der Waals surface area contributed by atoms with Gasteiger partial charge in [-0.3, -0.25) is 0 Å². The number of carboxylic acid groups (broad SMARTS) is 1. The first-order chi connectivity index (χ1) is 15.3. The molecule has 3 aromatic carbocycles. The fourth-order valence-corrected chi connectivity index (χ4v) is 4.58. The van der Waals surface area contributed by atoms with E-state index in [0.717, 1.165) is 0 Å². The Morgan fingerprint density at radius 3 is 1.94 bits per heavy atom. The Balaban J connectivity index is 1.89. The van der Waals surface area contributed by atoms with Crippen LogP contribution in [0, 0.1) is 0 Å². The topological polar surface area (TPSA) is 113 Å². The van der Waals surface area contributed by atoms with Gasteiger partial charge >= 0.3 is 11.9 Å². The van der Waals surface area contributed by atoms with E-state index in [4.69, 9.17) is 9.47 Å². The van der Waals surface area contributed by atoms with E-state index in [-0.39, 0.29) is 22.6 Å². The number of phenolic OH excluding ortho intramolecular Hbond substituents is 2. The van der Waals surface area contributed by atoms with Crippen LogP contribution in [-0.2, 0) is 23.2 Å². The van der Waals surface area contributed by atoms with Gasteiger partial charge in [-0.1, -0.05) is 19.9 Å². The van der Waals surface area contributed by atoms with Gasteiger partial charge in [0.05, 0.1) is 11.1 Å². The Morgan fingerprint density at radius 2 is 1.44 bits per heavy atom. The quantitative estimate of drug-likeness (QED) is 0.523. The molecule has 0 bridgehead atoms. The highest BCUT2D eigenvalue weighted by Crippen LogP contribution is 2.58. The number of rotatable bonds is 3. The van der Waals surface area contributed by atoms with Crippen molar-refractivity contribution in [3.8, 4) is 23.0 Å². The summed E-state index contributed by atoms with van der Waals surface area (Å²) in [6.07, 6.45) is 1.08. The zero-order valence-corrected chi connectivity index (χ0v) is 17.4. The summed E-state index contributed by atoms with van der Waals surface area (Å²) in [5, 5.41) is 30.2. The Labute approximate surface area is 183 Å². The Kier molecular flexibility index (Phi) is 4.20. The molecule has 1 spiro atoms. The maximum atomic E-state index is 13.0. The molecule has 0 saturated heterocycles. The van der Waals surface area contributed by atoms with Gasteiger partial charge < -0.3 is 24.8 Å². The first-order valence-corrected chi connectivity index (χ1v) is 10.3. The molecule has 0 fully saturated rings. The van der Waals surface area contributed by atoms with Gasteiger partial charge in [-0.2, -0.15) is 0 Å². The highest BCUT2D eigenvalue weighted by Gasteiger charge is 2.54. The van der Waals surface area contributed by atoms with E-state index in [2.05, 4.69) is 0 Å². The number of carboxylic acids is 1. The largest absolute Gasteiger partial charge is 0.508 e. The van der Waals surface area contributed by atoms with Gasteiger partial charge in [0, 0.05) is 28.8 Å². The summed E-state index contributed by atoms with van der Waals surface area (Å²) >= 11 is 0. The average molecular weight is 432 g/mol. The van der Waals surface area contributed by atoms with Crippen molar-refractivity contribution in [2.75, 3.05) is 0 Å². The fourth-order valence-electron chi connectivity index (χ4n) is 4.58. The van der Waals surface area contributed by atoms with Gasteiger partial charge in [0.15, 0.2) is 5.60 Å². The second-order valence-electron chi connectivity index (χ2n) is 7.90. The van der Waals surface area contributed by atoms with Crippen LogP contribution in [0.3, 0.4) is 0 Å². The van der Waals surface area contributed by atoms with Crippen molar-refractivity contribution < 1.29 is 34.4 Å². The number of carbonyl (C=O) groups is 2. The number of hydrogen-bond donors (Lipinski definition) is 3. The van der Waals surface area contributed by atoms with Gasteiger partial charge in [0.1, 0.15) is 23.0 Å². The van der Waals surface area contributed by atoms with E-state index >= 15 is 0 Å². The van der Waals surface area contributed by atoms with E-state index < -0.39 is 17.5 Å². The zero-order valence-electron chi connectivity index (χ0n) is 17.4. The molecule has 162 valence electrons. The summed E-state index contributed by atoms with van der Waals surface area (Å²) in [5.41, 5.74) is 1.57. The third-order valence-corrected chi connectivity index (χ3v) is 6.21. The molecule has 0 amide bonds. The molecule has 7 heteroatoms. The van der Waals surface area contributed by atoms with Crippen molar-refractivity contribution in [1.29, 1.82) is 0 Å². The van der Waals surface area contributed by atoms with E-state index in [1.165, 1.54) is 24.3 Å². The van der Waals surface area contributed by atoms with Crippen molar-refractivity contribution in [2.45, 2.75) is 32.3 Å². The smallest absolute Gasteiger partial charge is 0.340 e. The maximum absolute atomic E-state index is 13.0. The molecule has 2 aliphatic rings. The molecule has 0 aliphatic carbocycles. The summed E-state index contributed by atoms with van der Waals surface area (Å²) in [4.78, 5) is 24.5. The number of fused-ring (bicyclic) bond motifs is 6. The molecule has 5 rings (SSSR count). The lowest BCUT2D eigenvalue weighted by Crippen LogP contribution is -2.33. The zero-order chi connectivity index (χ0) is 22.8. The van der Waals surface area contributed by atoms with Gasteiger partial charge in [0.25, 0.3) is 0 Å². The highest BCUT2D eigenvalue weighted by molar-refractivity contribution is 6.00. The third-order valence-electron chi connectivity index (χ3n) is 6.21. The molecule has 0 unspecified atom stereocenters. The number of hydrogen-bond acceptors (Lipinski definition) is 6. The number of aryl methyl sites for hydroxylation is 2. The number of benzene rings is 3. The van der Waals surface area contributed by atoms with Crippen LogP contribution in [0.15, 0.2) is 42.5 Å². The first-order valence-electron chi connectivity index (χ1n) is 10.3. The predicted molar refractivity (Wildman–Crippen MR) is 114 cm³/mol. The molecule has 0 aromatic heterocycles. The van der Waals surface area contributed by atoms with E-state index in [1.807, 2.05) is 13.8 Å². The Bertz CT molecular complexity index is 1260. The van der Waals surface area contributed by atoms with Crippen molar-refractivity contribution in [2.24, 2.45) is 0 Å². The molecule has 7 nitrogen and oxygen atoms in total. The van der Waals surface area contributed by atoms with Crippen LogP contribution in [0.5, 0.6) is 23.0 Å². The van der Waals surface area contributed by atoms with Crippen LogP contribution in [0.2, 0.25) is 0 Å². The van der Waals surface area contributed by atoms with Crippen molar-refractivity contribution in [3.63, 3.8) is 0 Å². The van der Waals surface area contributed by atoms with Crippen LogP contribution in [-0.4, -0.2) is 27.3 Å². The van der Waals surface area contributed by atoms with Gasteiger partial charge in [0.2, 0.25) is 0 Å². The van der Waals surface area contributed by atoms with Crippen LogP contribution in [0.25, 0.3) is 0 Å². The minimum atomic E-state index is -1.40. The maximum Gasteiger partial charge on any atom is 0.340 e. The standard InChI is InChI=1S/C25H20O7/c1-3-12-8-17-21(10-19(12)26)31-22-11-20(27)13(4-2)9-18(22)25(17)16-6-5-14(23(28)29)7-15(16)24(30)32-25/h5-11,26-27H,3-4H2,1-2H3,(H,28,29). The molecule has 2 aliphatic heterocycles. The molecule has 0 radical (unpaired) electrons. The number of phenols is 2. The molecular weight excluding hydrogens is 412 g/mol. The van der Waals surface area contributed by atoms with Crippen molar-refractivity contribution >= 4 is 11.9 Å². The number of esters is 1. The SMILES string of the molecule is CCc1cc2c(cc1O)Oc1cc(O)c(CC)cc1C21OC(=O)c2cc(C(=O)O)ccc21. The summed E-state index contributed by atoms with van der Waals surface area (Å²) < 4.78 is 12.1. The van der Waals surface area contributed by atoms with Gasteiger partial charge in [-0.15, -0.1) is 0 Å². The average Bonchev–Trinajstić information content (AvgIpc) is 3.05. The number of aromatic hydroxyl groups is 2. The normalized spacial score (nSPS) is 14.9. The van der Waals surface area contributed by atoms with E-state index in [9.17, 15) is 24.9 Å². The number of ether oxygens (including phenoxy) is 2. The Morgan fingerprint density at radius 1 is 0.875 bits per heavy atom. The number of aromatic carboxylic acids is 1. The van der Waals surface area contributed by atoms with Crippen LogP contribution >= 0.6 is 0 Å². The fraction of sp³-hybridized carbons (Fsp3) is 0.200. The lowest BCUT2D eigenvalue weighted by Gasteiger charge is -2.37. The van der Waals surface area contributed by atoms with Gasteiger partial charge in [-0.25, -0.2) is 9.59 Å². The van der Waals surface area contributed by atoms with Crippen molar-refractivity contribution in [1.82, 2.24) is 0 Å². The summed E-state index contributed by atoms with van der Waals surface area (Å²) in [5.74, 6) is -1.13. The van der Waals surface area contributed by atoms with E-state index in [1.54, 1.807) is 18.2 Å². The Hall–Kier alpha value is -4.00. The summed E-state index contributed by atoms with van der Waals surface area (Å²) in [7, 11) is 0. The van der Waals surface area contributed by atoms with E-state index in [0.29, 0.717) is 52.2 Å². The monoisotopic (exact) mass is 432 g/mol. The third kappa shape index (κ3) is 2.54. The molecule has 0 atom stereocenters. The molecular formula is C25H20O7. The molecule has 3 N–H and O–H groups in total. The lowest BCUT2D eigenvalue weighted by atomic mass is 9.76. The van der Waals surface area contributed by atoms with Crippen LogP contribution in [0.4, 0.5) is 0 Å². The molecule has 0 saturated carbocycles. The number of carbonyl (C=O) groups excluding carboxylic acids is 1. The predicted octanol–water partition coefficient (Wildman–Crippen LogP) is 4.49. The minimum Gasteiger partial charge on any atom is -0.508 e. The first kappa shape index (κ1) is 19.9. The van der Waals surface area contributed by atoms with Crippen LogP contribution < -0.4 is 4.74 Å². The summed E-state index contributed by atoms with van der Waals surface area (Å²) in [6.45, 7) is 3.79. The van der Waals surface area contributed by atoms with Gasteiger partial charge in [-0.05, 0) is 48.2 Å². The minimum absolute atomic E-state index is 0.0230.